The van der Waals surface area contributed by atoms with Crippen LogP contribution in [0, 0.1) is 5.41 Å². The number of nitrogens with two attached hydrogens (primary N) is 1. The average molecular weight is 479 g/mol. The van der Waals surface area contributed by atoms with E-state index in [-0.39, 0.29) is 34.4 Å². The molecule has 3 rings (SSSR count). The minimum atomic E-state index is -3.75. The number of halogens is 1. The number of hydrogen-bond acceptors (Lipinski definition) is 9. The fraction of sp³-hybridized carbons (Fsp3) is 0.263. The number of carbonyl (C=O) groups is 1. The van der Waals surface area contributed by atoms with Crippen molar-refractivity contribution in [3.05, 3.63) is 52.9 Å². The molecule has 0 atom stereocenters. The molecule has 0 unspecified atom stereocenters. The normalized spacial score (nSPS) is 13.9. The van der Waals surface area contributed by atoms with Crippen molar-refractivity contribution in [2.45, 2.75) is 30.3 Å². The minimum absolute atomic E-state index is 0.0254. The SMILES string of the molecule is N=C/C(=C\NCC(=O)NC1CC1)Nc1ncc(Cl)c(NCc2ccc(S(N)(=O)=O)cc2)n1. The van der Waals surface area contributed by atoms with Gasteiger partial charge < -0.3 is 26.7 Å². The van der Waals surface area contributed by atoms with Crippen LogP contribution >= 0.6 is 11.6 Å². The Morgan fingerprint density at radius 3 is 2.62 bits per heavy atom. The molecule has 170 valence electrons. The van der Waals surface area contributed by atoms with Crippen LogP contribution in [-0.4, -0.2) is 43.1 Å². The number of allylic oxidation sites excluding steroid dienone is 1. The van der Waals surface area contributed by atoms with E-state index in [0.717, 1.165) is 24.6 Å². The van der Waals surface area contributed by atoms with Crippen molar-refractivity contribution in [3.63, 3.8) is 0 Å². The van der Waals surface area contributed by atoms with E-state index in [2.05, 4.69) is 31.2 Å². The van der Waals surface area contributed by atoms with Crippen LogP contribution < -0.4 is 26.4 Å². The zero-order valence-corrected chi connectivity index (χ0v) is 18.5. The van der Waals surface area contributed by atoms with Crippen molar-refractivity contribution in [1.82, 2.24) is 20.6 Å². The fourth-order valence-corrected chi connectivity index (χ4v) is 3.21. The maximum Gasteiger partial charge on any atom is 0.239 e. The minimum Gasteiger partial charge on any atom is -0.380 e. The second kappa shape index (κ2) is 10.4. The maximum atomic E-state index is 11.7. The fourth-order valence-electron chi connectivity index (χ4n) is 2.54. The summed E-state index contributed by atoms with van der Waals surface area (Å²) in [5.41, 5.74) is 1.13. The van der Waals surface area contributed by atoms with E-state index in [1.54, 1.807) is 12.1 Å². The van der Waals surface area contributed by atoms with Gasteiger partial charge in [0.1, 0.15) is 5.02 Å². The smallest absolute Gasteiger partial charge is 0.239 e. The molecule has 2 aromatic rings. The van der Waals surface area contributed by atoms with Crippen LogP contribution in [0.1, 0.15) is 18.4 Å². The molecule has 1 fully saturated rings. The molecule has 0 saturated heterocycles. The van der Waals surface area contributed by atoms with Gasteiger partial charge in [0, 0.05) is 25.0 Å². The average Bonchev–Trinajstić information content (AvgIpc) is 3.56. The van der Waals surface area contributed by atoms with Crippen LogP contribution in [0.2, 0.25) is 5.02 Å². The van der Waals surface area contributed by atoms with Crippen molar-refractivity contribution in [2.75, 3.05) is 17.2 Å². The van der Waals surface area contributed by atoms with E-state index in [4.69, 9.17) is 22.1 Å². The molecule has 0 bridgehead atoms. The van der Waals surface area contributed by atoms with Gasteiger partial charge in [0.05, 0.1) is 23.3 Å². The standard InChI is InChI=1S/C19H23ClN8O3S/c20-16-10-25-19(27-14(7-21)9-23-11-17(29)26-13-3-4-13)28-18(16)24-8-12-1-5-15(6-2-12)32(22,30)31/h1-2,5-7,9-10,13,21,23H,3-4,8,11H2,(H,26,29)(H2,22,30,31)(H2,24,25,27,28)/b14-9+,21-7?. The predicted octanol–water partition coefficient (Wildman–Crippen LogP) is 1.16. The molecule has 32 heavy (non-hydrogen) atoms. The van der Waals surface area contributed by atoms with Gasteiger partial charge in [-0.1, -0.05) is 23.7 Å². The van der Waals surface area contributed by atoms with Gasteiger partial charge in [-0.25, -0.2) is 18.5 Å². The molecule has 1 amide bonds. The second-order valence-corrected chi connectivity index (χ2v) is 8.99. The number of sulfonamides is 1. The molecular weight excluding hydrogens is 456 g/mol. The van der Waals surface area contributed by atoms with Gasteiger partial charge in [-0.15, -0.1) is 0 Å². The Morgan fingerprint density at radius 1 is 1.28 bits per heavy atom. The van der Waals surface area contributed by atoms with Gasteiger partial charge >= 0.3 is 0 Å². The summed E-state index contributed by atoms with van der Waals surface area (Å²) >= 11 is 6.16. The summed E-state index contributed by atoms with van der Waals surface area (Å²) in [6.45, 7) is 0.417. The molecule has 11 nitrogen and oxygen atoms in total. The van der Waals surface area contributed by atoms with E-state index in [9.17, 15) is 13.2 Å². The number of amides is 1. The van der Waals surface area contributed by atoms with Gasteiger partial charge in [-0.2, -0.15) is 4.98 Å². The van der Waals surface area contributed by atoms with Crippen LogP contribution in [0.4, 0.5) is 11.8 Å². The molecular formula is C19H23ClN8O3S. The highest BCUT2D eigenvalue weighted by Crippen LogP contribution is 2.21. The first-order valence-electron chi connectivity index (χ1n) is 9.63. The highest BCUT2D eigenvalue weighted by Gasteiger charge is 2.22. The lowest BCUT2D eigenvalue weighted by Crippen LogP contribution is -2.33. The molecule has 1 aliphatic carbocycles. The third-order valence-corrected chi connectivity index (χ3v) is 5.54. The number of nitrogens with zero attached hydrogens (tertiary/aromatic N) is 2. The summed E-state index contributed by atoms with van der Waals surface area (Å²) < 4.78 is 22.7. The lowest BCUT2D eigenvalue weighted by atomic mass is 10.2. The molecule has 7 N–H and O–H groups in total. The summed E-state index contributed by atoms with van der Waals surface area (Å²) in [7, 11) is -3.75. The lowest BCUT2D eigenvalue weighted by molar-refractivity contribution is -0.120. The Kier molecular flexibility index (Phi) is 7.62. The second-order valence-electron chi connectivity index (χ2n) is 7.02. The van der Waals surface area contributed by atoms with Gasteiger partial charge in [0.2, 0.25) is 21.9 Å². The van der Waals surface area contributed by atoms with Crippen LogP contribution in [0.15, 0.2) is 47.3 Å². The molecule has 13 heteroatoms. The van der Waals surface area contributed by atoms with Crippen LogP contribution in [0.3, 0.4) is 0 Å². The number of anilines is 2. The monoisotopic (exact) mass is 478 g/mol. The molecule has 1 heterocycles. The van der Waals surface area contributed by atoms with Gasteiger partial charge in [-0.3, -0.25) is 4.79 Å². The first-order chi connectivity index (χ1) is 15.2. The molecule has 1 aromatic heterocycles. The van der Waals surface area contributed by atoms with Crippen LogP contribution in [0.25, 0.3) is 0 Å². The number of carbonyl (C=O) groups excluding carboxylic acids is 1. The Balaban J connectivity index is 1.58. The third-order valence-electron chi connectivity index (χ3n) is 4.33. The van der Waals surface area contributed by atoms with E-state index < -0.39 is 10.0 Å². The van der Waals surface area contributed by atoms with Gasteiger partial charge in [0.15, 0.2) is 5.82 Å². The topological polar surface area (TPSA) is 175 Å². The summed E-state index contributed by atoms with van der Waals surface area (Å²) in [6, 6.07) is 6.37. The lowest BCUT2D eigenvalue weighted by Gasteiger charge is -2.11. The van der Waals surface area contributed by atoms with Crippen LogP contribution in [0.5, 0.6) is 0 Å². The Morgan fingerprint density at radius 2 is 2.00 bits per heavy atom. The van der Waals surface area contributed by atoms with E-state index in [1.165, 1.54) is 24.5 Å². The van der Waals surface area contributed by atoms with E-state index in [0.29, 0.717) is 18.1 Å². The number of benzene rings is 1. The van der Waals surface area contributed by atoms with Crippen molar-refractivity contribution < 1.29 is 13.2 Å². The van der Waals surface area contributed by atoms with E-state index >= 15 is 0 Å². The van der Waals surface area contributed by atoms with Crippen molar-refractivity contribution in [2.24, 2.45) is 5.14 Å². The van der Waals surface area contributed by atoms with Crippen molar-refractivity contribution >= 4 is 45.5 Å². The predicted molar refractivity (Wildman–Crippen MR) is 122 cm³/mol. The number of primary sulfonamides is 1. The largest absolute Gasteiger partial charge is 0.380 e. The summed E-state index contributed by atoms with van der Waals surface area (Å²) in [5.74, 6) is 0.431. The van der Waals surface area contributed by atoms with Crippen LogP contribution in [-0.2, 0) is 21.4 Å². The number of nitrogens with one attached hydrogen (secondary N) is 5. The highest BCUT2D eigenvalue weighted by molar-refractivity contribution is 7.89. The first-order valence-corrected chi connectivity index (χ1v) is 11.6. The number of rotatable bonds is 11. The Bertz CT molecular complexity index is 1120. The Labute approximate surface area is 190 Å². The van der Waals surface area contributed by atoms with E-state index in [1.807, 2.05) is 0 Å². The maximum absolute atomic E-state index is 11.7. The summed E-state index contributed by atoms with van der Waals surface area (Å²) in [4.78, 5) is 20.1. The quantitative estimate of drug-likeness (QED) is 0.261. The highest BCUT2D eigenvalue weighted by atomic mass is 35.5. The molecule has 1 saturated carbocycles. The molecule has 0 aliphatic heterocycles. The summed E-state index contributed by atoms with van der Waals surface area (Å²) in [6.07, 6.45) is 5.98. The van der Waals surface area contributed by atoms with Crippen molar-refractivity contribution in [3.8, 4) is 0 Å². The molecule has 1 aliphatic rings. The molecule has 0 spiro atoms. The zero-order chi connectivity index (χ0) is 23.1. The number of aromatic nitrogens is 2. The molecule has 0 radical (unpaired) electrons. The van der Waals surface area contributed by atoms with Gasteiger partial charge in [-0.05, 0) is 30.5 Å². The number of hydrogen-bond donors (Lipinski definition) is 6. The third kappa shape index (κ3) is 7.18. The molecule has 1 aromatic carbocycles. The van der Waals surface area contributed by atoms with Gasteiger partial charge in [0.25, 0.3) is 0 Å². The zero-order valence-electron chi connectivity index (χ0n) is 16.9. The van der Waals surface area contributed by atoms with Crippen molar-refractivity contribution in [1.29, 1.82) is 5.41 Å². The first kappa shape index (κ1) is 23.4. The Hall–Kier alpha value is -3.22. The summed E-state index contributed by atoms with van der Waals surface area (Å²) in [5, 5.41) is 24.5.